The zero-order valence-electron chi connectivity index (χ0n) is 12.3. The largest absolute Gasteiger partial charge is 0.482 e. The number of esters is 1. The summed E-state index contributed by atoms with van der Waals surface area (Å²) in [5.74, 6) is 0.846. The molecule has 0 saturated carbocycles. The molecule has 2 aromatic rings. The summed E-state index contributed by atoms with van der Waals surface area (Å²) in [5, 5.41) is 0. The third-order valence-electron chi connectivity index (χ3n) is 3.26. The van der Waals surface area contributed by atoms with Gasteiger partial charge in [0.05, 0.1) is 0 Å². The van der Waals surface area contributed by atoms with Gasteiger partial charge in [-0.15, -0.1) is 0 Å². The van der Waals surface area contributed by atoms with Crippen LogP contribution in [0.3, 0.4) is 0 Å². The molecule has 0 saturated heterocycles. The Hall–Kier alpha value is -1.81. The van der Waals surface area contributed by atoms with Crippen molar-refractivity contribution in [3.05, 3.63) is 57.6 Å². The van der Waals surface area contributed by atoms with Crippen LogP contribution in [0.25, 0.3) is 0 Å². The van der Waals surface area contributed by atoms with Crippen LogP contribution < -0.4 is 9.47 Å². The van der Waals surface area contributed by atoms with Crippen molar-refractivity contribution in [2.24, 2.45) is 0 Å². The van der Waals surface area contributed by atoms with Crippen LogP contribution in [0.2, 0.25) is 0 Å². The minimum absolute atomic E-state index is 0.115. The van der Waals surface area contributed by atoms with Crippen molar-refractivity contribution < 1.29 is 14.3 Å². The minimum Gasteiger partial charge on any atom is -0.482 e. The zero-order chi connectivity index (χ0) is 15.4. The molecule has 0 aliphatic heterocycles. The molecule has 0 aromatic heterocycles. The Morgan fingerprint density at radius 3 is 2.52 bits per heavy atom. The van der Waals surface area contributed by atoms with Gasteiger partial charge < -0.3 is 9.47 Å². The molecule has 2 aromatic carbocycles. The van der Waals surface area contributed by atoms with Crippen molar-refractivity contribution in [2.45, 2.75) is 20.8 Å². The molecule has 4 heteroatoms. The summed E-state index contributed by atoms with van der Waals surface area (Å²) in [7, 11) is 0. The predicted octanol–water partition coefficient (Wildman–Crippen LogP) is 4.36. The van der Waals surface area contributed by atoms with Crippen molar-refractivity contribution in [2.75, 3.05) is 6.61 Å². The smallest absolute Gasteiger partial charge is 0.349 e. The van der Waals surface area contributed by atoms with Crippen molar-refractivity contribution in [1.82, 2.24) is 0 Å². The monoisotopic (exact) mass is 348 g/mol. The van der Waals surface area contributed by atoms with Gasteiger partial charge in [0.15, 0.2) is 6.61 Å². The Kier molecular flexibility index (Phi) is 5.02. The van der Waals surface area contributed by atoms with Crippen LogP contribution >= 0.6 is 15.9 Å². The molecule has 0 atom stereocenters. The molecule has 0 radical (unpaired) electrons. The lowest BCUT2D eigenvalue weighted by molar-refractivity contribution is -0.136. The lowest BCUT2D eigenvalue weighted by Gasteiger charge is -2.11. The number of benzene rings is 2. The molecule has 2 rings (SSSR count). The quantitative estimate of drug-likeness (QED) is 0.608. The average molecular weight is 349 g/mol. The maximum absolute atomic E-state index is 11.9. The van der Waals surface area contributed by atoms with E-state index in [0.29, 0.717) is 11.5 Å². The highest BCUT2D eigenvalue weighted by Crippen LogP contribution is 2.23. The van der Waals surface area contributed by atoms with Gasteiger partial charge >= 0.3 is 5.97 Å². The van der Waals surface area contributed by atoms with Gasteiger partial charge in [0.1, 0.15) is 11.5 Å². The van der Waals surface area contributed by atoms with Gasteiger partial charge in [0.2, 0.25) is 0 Å². The van der Waals surface area contributed by atoms with E-state index in [-0.39, 0.29) is 6.61 Å². The minimum atomic E-state index is -0.411. The van der Waals surface area contributed by atoms with Crippen molar-refractivity contribution in [3.8, 4) is 11.5 Å². The van der Waals surface area contributed by atoms with E-state index in [1.54, 1.807) is 6.07 Å². The molecule has 0 N–H and O–H groups in total. The van der Waals surface area contributed by atoms with Crippen LogP contribution in [0.15, 0.2) is 40.9 Å². The molecule has 110 valence electrons. The Balaban J connectivity index is 1.97. The number of carbonyl (C=O) groups excluding carboxylic acids is 1. The molecule has 0 unspecified atom stereocenters. The van der Waals surface area contributed by atoms with Crippen molar-refractivity contribution in [1.29, 1.82) is 0 Å². The first-order valence-corrected chi connectivity index (χ1v) is 7.42. The molecular weight excluding hydrogens is 332 g/mol. The van der Waals surface area contributed by atoms with Gasteiger partial charge in [-0.05, 0) is 61.7 Å². The lowest BCUT2D eigenvalue weighted by Crippen LogP contribution is -2.18. The van der Waals surface area contributed by atoms with E-state index in [9.17, 15) is 4.79 Å². The first kappa shape index (κ1) is 15.6. The third kappa shape index (κ3) is 4.08. The predicted molar refractivity (Wildman–Crippen MR) is 85.9 cm³/mol. The lowest BCUT2D eigenvalue weighted by atomic mass is 10.1. The van der Waals surface area contributed by atoms with Crippen molar-refractivity contribution >= 4 is 21.9 Å². The van der Waals surface area contributed by atoms with E-state index in [1.807, 2.05) is 51.1 Å². The van der Waals surface area contributed by atoms with Crippen LogP contribution in [0, 0.1) is 20.8 Å². The molecule has 0 fully saturated rings. The Bertz CT molecular complexity index is 665. The molecule has 0 aliphatic carbocycles. The Labute approximate surface area is 133 Å². The number of ether oxygens (including phenoxy) is 2. The molecule has 0 amide bonds. The van der Waals surface area contributed by atoms with Gasteiger partial charge in [-0.3, -0.25) is 0 Å². The van der Waals surface area contributed by atoms with E-state index < -0.39 is 5.97 Å². The van der Waals surface area contributed by atoms with E-state index in [0.717, 1.165) is 21.2 Å². The van der Waals surface area contributed by atoms with Crippen LogP contribution in [0.4, 0.5) is 0 Å². The van der Waals surface area contributed by atoms with E-state index in [2.05, 4.69) is 15.9 Å². The third-order valence-corrected chi connectivity index (χ3v) is 3.75. The number of hydrogen-bond acceptors (Lipinski definition) is 3. The summed E-state index contributed by atoms with van der Waals surface area (Å²) in [5.41, 5.74) is 3.01. The van der Waals surface area contributed by atoms with Crippen LogP contribution in [-0.4, -0.2) is 12.6 Å². The van der Waals surface area contributed by atoms with Gasteiger partial charge in [-0.2, -0.15) is 0 Å². The second kappa shape index (κ2) is 6.76. The SMILES string of the molecule is Cc1cc(Br)ccc1OCC(=O)Oc1cccc(C)c1C. The highest BCUT2D eigenvalue weighted by Gasteiger charge is 2.10. The standard InChI is InChI=1S/C17H17BrO3/c1-11-5-4-6-16(13(11)3)21-17(19)10-20-15-8-7-14(18)9-12(15)2/h4-9H,10H2,1-3H3. The number of halogens is 1. The molecule has 21 heavy (non-hydrogen) atoms. The fraction of sp³-hybridized carbons (Fsp3) is 0.235. The van der Waals surface area contributed by atoms with Crippen LogP contribution in [0.1, 0.15) is 16.7 Å². The maximum atomic E-state index is 11.9. The number of carbonyl (C=O) groups is 1. The normalized spacial score (nSPS) is 10.3. The van der Waals surface area contributed by atoms with Gasteiger partial charge in [0, 0.05) is 4.47 Å². The molecule has 0 aliphatic rings. The summed E-state index contributed by atoms with van der Waals surface area (Å²) >= 11 is 3.39. The van der Waals surface area contributed by atoms with Gasteiger partial charge in [0.25, 0.3) is 0 Å². The molecule has 0 bridgehead atoms. The second-order valence-electron chi connectivity index (χ2n) is 4.87. The number of rotatable bonds is 4. The first-order valence-electron chi connectivity index (χ1n) is 6.63. The fourth-order valence-corrected chi connectivity index (χ4v) is 2.37. The average Bonchev–Trinajstić information content (AvgIpc) is 2.43. The summed E-state index contributed by atoms with van der Waals surface area (Å²) in [6, 6.07) is 11.3. The van der Waals surface area contributed by atoms with Gasteiger partial charge in [-0.1, -0.05) is 28.1 Å². The second-order valence-corrected chi connectivity index (χ2v) is 5.79. The van der Waals surface area contributed by atoms with Crippen LogP contribution in [-0.2, 0) is 4.79 Å². The van der Waals surface area contributed by atoms with E-state index in [1.165, 1.54) is 0 Å². The topological polar surface area (TPSA) is 35.5 Å². The maximum Gasteiger partial charge on any atom is 0.349 e. The van der Waals surface area contributed by atoms with Crippen molar-refractivity contribution in [3.63, 3.8) is 0 Å². The summed E-state index contributed by atoms with van der Waals surface area (Å²) < 4.78 is 11.8. The Morgan fingerprint density at radius 2 is 1.81 bits per heavy atom. The first-order chi connectivity index (χ1) is 9.97. The molecular formula is C17H17BrO3. The van der Waals surface area contributed by atoms with E-state index in [4.69, 9.17) is 9.47 Å². The summed E-state index contributed by atoms with van der Waals surface area (Å²) in [6.07, 6.45) is 0. The molecule has 0 heterocycles. The van der Waals surface area contributed by atoms with E-state index >= 15 is 0 Å². The number of hydrogen-bond donors (Lipinski definition) is 0. The highest BCUT2D eigenvalue weighted by atomic mass is 79.9. The zero-order valence-corrected chi connectivity index (χ0v) is 13.9. The fourth-order valence-electron chi connectivity index (χ4n) is 1.90. The molecule has 0 spiro atoms. The highest BCUT2D eigenvalue weighted by molar-refractivity contribution is 9.10. The Morgan fingerprint density at radius 1 is 1.05 bits per heavy atom. The summed E-state index contributed by atoms with van der Waals surface area (Å²) in [4.78, 5) is 11.9. The molecule has 3 nitrogen and oxygen atoms in total. The number of aryl methyl sites for hydroxylation is 2. The van der Waals surface area contributed by atoms with Crippen LogP contribution in [0.5, 0.6) is 11.5 Å². The summed E-state index contributed by atoms with van der Waals surface area (Å²) in [6.45, 7) is 5.72. The van der Waals surface area contributed by atoms with Gasteiger partial charge in [-0.25, -0.2) is 4.79 Å².